The molecule has 2 fully saturated rings. The van der Waals surface area contributed by atoms with E-state index in [1.807, 2.05) is 25.2 Å². The van der Waals surface area contributed by atoms with E-state index < -0.39 is 0 Å². The van der Waals surface area contributed by atoms with Gasteiger partial charge in [-0.2, -0.15) is 0 Å². The molecule has 3 rings (SSSR count). The van der Waals surface area contributed by atoms with E-state index in [1.165, 1.54) is 31.2 Å². The van der Waals surface area contributed by atoms with Crippen LogP contribution < -0.4 is 10.6 Å². The van der Waals surface area contributed by atoms with Gasteiger partial charge in [-0.15, -0.1) is 24.0 Å². The Morgan fingerprint density at radius 2 is 2.09 bits per heavy atom. The van der Waals surface area contributed by atoms with Crippen LogP contribution in [0.1, 0.15) is 31.2 Å². The highest BCUT2D eigenvalue weighted by Gasteiger charge is 2.53. The molecule has 2 saturated carbocycles. The van der Waals surface area contributed by atoms with E-state index in [0.717, 1.165) is 36.4 Å². The zero-order valence-corrected chi connectivity index (χ0v) is 16.2. The zero-order valence-electron chi connectivity index (χ0n) is 13.1. The number of hydrogen-bond donors (Lipinski definition) is 2. The van der Waals surface area contributed by atoms with Gasteiger partial charge in [-0.1, -0.05) is 23.7 Å². The highest BCUT2D eigenvalue weighted by Crippen LogP contribution is 2.60. The van der Waals surface area contributed by atoms with Crippen LogP contribution in [-0.4, -0.2) is 26.1 Å². The van der Waals surface area contributed by atoms with Crippen LogP contribution in [0.5, 0.6) is 0 Å². The molecule has 0 unspecified atom stereocenters. The first-order valence-electron chi connectivity index (χ1n) is 7.91. The molecule has 0 heterocycles. The maximum atomic E-state index is 6.00. The molecule has 0 spiro atoms. The highest BCUT2D eigenvalue weighted by atomic mass is 127. The van der Waals surface area contributed by atoms with Gasteiger partial charge in [-0.25, -0.2) is 0 Å². The summed E-state index contributed by atoms with van der Waals surface area (Å²) < 4.78 is 0. The molecule has 0 atom stereocenters. The molecule has 1 aromatic rings. The molecule has 0 saturated heterocycles. The summed E-state index contributed by atoms with van der Waals surface area (Å²) in [6, 6.07) is 8.03. The van der Waals surface area contributed by atoms with Gasteiger partial charge in [0, 0.05) is 25.2 Å². The Bertz CT molecular complexity index is 524. The van der Waals surface area contributed by atoms with Gasteiger partial charge in [0.05, 0.1) is 0 Å². The Balaban J connectivity index is 0.00000176. The van der Waals surface area contributed by atoms with E-state index in [0.29, 0.717) is 5.41 Å². The molecule has 0 aromatic heterocycles. The Hall–Kier alpha value is -0.490. The third-order valence-corrected chi connectivity index (χ3v) is 5.00. The highest BCUT2D eigenvalue weighted by molar-refractivity contribution is 14.0. The van der Waals surface area contributed by atoms with Crippen molar-refractivity contribution < 1.29 is 0 Å². The maximum absolute atomic E-state index is 6.00. The lowest BCUT2D eigenvalue weighted by atomic mass is 10.0. The fourth-order valence-electron chi connectivity index (χ4n) is 3.08. The average Bonchev–Trinajstić information content (AvgIpc) is 3.36. The molecule has 0 radical (unpaired) electrons. The third-order valence-electron chi connectivity index (χ3n) is 4.76. The molecule has 22 heavy (non-hydrogen) atoms. The molecule has 0 bridgehead atoms. The molecule has 2 N–H and O–H groups in total. The molecular weight excluding hydrogens is 409 g/mol. The Morgan fingerprint density at radius 3 is 2.68 bits per heavy atom. The summed E-state index contributed by atoms with van der Waals surface area (Å²) in [5, 5.41) is 7.70. The van der Waals surface area contributed by atoms with Crippen LogP contribution in [-0.2, 0) is 6.42 Å². The van der Waals surface area contributed by atoms with Crippen LogP contribution in [0.3, 0.4) is 0 Å². The number of halogens is 2. The minimum absolute atomic E-state index is 0. The first kappa shape index (κ1) is 17.9. The predicted molar refractivity (Wildman–Crippen MR) is 104 cm³/mol. The molecule has 3 nitrogen and oxygen atoms in total. The zero-order chi connectivity index (χ0) is 14.7. The molecule has 2 aliphatic carbocycles. The van der Waals surface area contributed by atoms with Gasteiger partial charge >= 0.3 is 0 Å². The standard InChI is InChI=1S/C17H24ClN3.HI/c1-19-16(21-12-17(8-9-17)14-5-6-14)20-10-7-13-3-2-4-15(18)11-13;/h2-4,11,14H,5-10,12H2,1H3,(H2,19,20,21);1H. The van der Waals surface area contributed by atoms with Gasteiger partial charge in [0.25, 0.3) is 0 Å². The second kappa shape index (κ2) is 7.86. The molecule has 0 aliphatic heterocycles. The Kier molecular flexibility index (Phi) is 6.38. The van der Waals surface area contributed by atoms with Gasteiger partial charge in [-0.3, -0.25) is 4.99 Å². The van der Waals surface area contributed by atoms with Crippen molar-refractivity contribution in [2.75, 3.05) is 20.1 Å². The summed E-state index contributed by atoms with van der Waals surface area (Å²) in [6.07, 6.45) is 6.61. The number of hydrogen-bond acceptors (Lipinski definition) is 1. The van der Waals surface area contributed by atoms with Crippen molar-refractivity contribution in [1.29, 1.82) is 0 Å². The van der Waals surface area contributed by atoms with E-state index in [4.69, 9.17) is 11.6 Å². The van der Waals surface area contributed by atoms with Crippen molar-refractivity contribution >= 4 is 41.5 Å². The SMILES string of the molecule is CN=C(NCCc1cccc(Cl)c1)NCC1(C2CC2)CC1.I. The summed E-state index contributed by atoms with van der Waals surface area (Å²) in [5.74, 6) is 1.90. The number of nitrogens with one attached hydrogen (secondary N) is 2. The van der Waals surface area contributed by atoms with Crippen molar-refractivity contribution in [2.45, 2.75) is 32.1 Å². The second-order valence-electron chi connectivity index (χ2n) is 6.37. The van der Waals surface area contributed by atoms with Crippen LogP contribution in [0.4, 0.5) is 0 Å². The van der Waals surface area contributed by atoms with E-state index in [9.17, 15) is 0 Å². The van der Waals surface area contributed by atoms with Crippen LogP contribution in [0.25, 0.3) is 0 Å². The molecule has 0 amide bonds. The van der Waals surface area contributed by atoms with Gasteiger partial charge in [0.15, 0.2) is 5.96 Å². The smallest absolute Gasteiger partial charge is 0.191 e. The van der Waals surface area contributed by atoms with Crippen molar-refractivity contribution in [3.63, 3.8) is 0 Å². The van der Waals surface area contributed by atoms with E-state index in [-0.39, 0.29) is 24.0 Å². The fourth-order valence-corrected chi connectivity index (χ4v) is 3.30. The van der Waals surface area contributed by atoms with Crippen LogP contribution in [0.2, 0.25) is 5.02 Å². The number of guanidine groups is 1. The lowest BCUT2D eigenvalue weighted by molar-refractivity contribution is 0.431. The first-order valence-corrected chi connectivity index (χ1v) is 8.29. The summed E-state index contributed by atoms with van der Waals surface area (Å²) in [7, 11) is 1.84. The molecule has 2 aliphatic rings. The van der Waals surface area contributed by atoms with Gasteiger partial charge in [-0.05, 0) is 61.1 Å². The average molecular weight is 434 g/mol. The van der Waals surface area contributed by atoms with Crippen molar-refractivity contribution in [1.82, 2.24) is 10.6 Å². The minimum Gasteiger partial charge on any atom is -0.356 e. The summed E-state index contributed by atoms with van der Waals surface area (Å²) in [4.78, 5) is 4.32. The molecular formula is C17H25ClIN3. The maximum Gasteiger partial charge on any atom is 0.191 e. The number of aliphatic imine (C=N–C) groups is 1. The summed E-state index contributed by atoms with van der Waals surface area (Å²) >= 11 is 6.00. The van der Waals surface area contributed by atoms with Crippen molar-refractivity contribution in [2.24, 2.45) is 16.3 Å². The van der Waals surface area contributed by atoms with Crippen LogP contribution >= 0.6 is 35.6 Å². The number of benzene rings is 1. The predicted octanol–water partition coefficient (Wildman–Crippen LogP) is 3.86. The van der Waals surface area contributed by atoms with E-state index in [2.05, 4.69) is 21.7 Å². The van der Waals surface area contributed by atoms with Crippen LogP contribution in [0.15, 0.2) is 29.3 Å². The summed E-state index contributed by atoms with van der Waals surface area (Å²) in [6.45, 7) is 1.95. The molecule has 122 valence electrons. The van der Waals surface area contributed by atoms with E-state index in [1.54, 1.807) is 0 Å². The number of rotatable bonds is 6. The monoisotopic (exact) mass is 433 g/mol. The topological polar surface area (TPSA) is 36.4 Å². The lowest BCUT2D eigenvalue weighted by Gasteiger charge is -2.18. The second-order valence-corrected chi connectivity index (χ2v) is 6.81. The Labute approximate surface area is 155 Å². The normalized spacial score (nSPS) is 19.3. The van der Waals surface area contributed by atoms with Gasteiger partial charge in [0.2, 0.25) is 0 Å². The molecule has 1 aromatic carbocycles. The minimum atomic E-state index is 0. The first-order chi connectivity index (χ1) is 10.2. The van der Waals surface area contributed by atoms with Gasteiger partial charge in [0.1, 0.15) is 0 Å². The number of nitrogens with zero attached hydrogens (tertiary/aromatic N) is 1. The Morgan fingerprint density at radius 1 is 1.32 bits per heavy atom. The summed E-state index contributed by atoms with van der Waals surface area (Å²) in [5.41, 5.74) is 1.85. The van der Waals surface area contributed by atoms with Gasteiger partial charge < -0.3 is 10.6 Å². The fraction of sp³-hybridized carbons (Fsp3) is 0.588. The lowest BCUT2D eigenvalue weighted by Crippen LogP contribution is -2.41. The van der Waals surface area contributed by atoms with Crippen molar-refractivity contribution in [3.05, 3.63) is 34.9 Å². The third kappa shape index (κ3) is 4.75. The largest absolute Gasteiger partial charge is 0.356 e. The van der Waals surface area contributed by atoms with Crippen molar-refractivity contribution in [3.8, 4) is 0 Å². The quantitative estimate of drug-likeness (QED) is 0.406. The van der Waals surface area contributed by atoms with Crippen LogP contribution in [0, 0.1) is 11.3 Å². The van der Waals surface area contributed by atoms with E-state index >= 15 is 0 Å². The molecule has 5 heteroatoms.